The third-order valence-corrected chi connectivity index (χ3v) is 5.14. The molecule has 0 radical (unpaired) electrons. The van der Waals surface area contributed by atoms with E-state index in [1.807, 2.05) is 17.9 Å². The van der Waals surface area contributed by atoms with Gasteiger partial charge in [-0.3, -0.25) is 4.79 Å². The Bertz CT molecular complexity index is 847. The first-order valence-corrected chi connectivity index (χ1v) is 8.69. The summed E-state index contributed by atoms with van der Waals surface area (Å²) in [7, 11) is 0. The number of likely N-dealkylation sites (tertiary alicyclic amines) is 1. The van der Waals surface area contributed by atoms with Crippen molar-refractivity contribution in [3.8, 4) is 5.75 Å². The maximum Gasteiger partial charge on any atom is 0.336 e. The maximum absolute atomic E-state index is 12.4. The molecular formula is C19H21NO5. The molecule has 0 N–H and O–H groups in total. The normalized spacial score (nSPS) is 22.4. The lowest BCUT2D eigenvalue weighted by Crippen LogP contribution is -2.34. The number of nitrogens with zero attached hydrogens (tertiary/aromatic N) is 1. The first kappa shape index (κ1) is 16.1. The highest BCUT2D eigenvalue weighted by Crippen LogP contribution is 2.29. The van der Waals surface area contributed by atoms with Gasteiger partial charge in [0.2, 0.25) is 0 Å². The molecule has 0 unspecified atom stereocenters. The lowest BCUT2D eigenvalue weighted by molar-refractivity contribution is -0.132. The molecule has 1 aromatic carbocycles. The minimum atomic E-state index is -0.372. The largest absolute Gasteiger partial charge is 0.484 e. The predicted molar refractivity (Wildman–Crippen MR) is 91.7 cm³/mol. The van der Waals surface area contributed by atoms with Crippen molar-refractivity contribution in [3.63, 3.8) is 0 Å². The van der Waals surface area contributed by atoms with Crippen LogP contribution in [0.4, 0.5) is 0 Å². The van der Waals surface area contributed by atoms with Gasteiger partial charge in [-0.2, -0.15) is 0 Å². The van der Waals surface area contributed by atoms with Crippen LogP contribution in [0, 0.1) is 11.8 Å². The van der Waals surface area contributed by atoms with Crippen LogP contribution in [0.25, 0.3) is 11.0 Å². The SMILES string of the molecule is CCc1cc(=O)oc2cc(OCC(=O)N3C[C@H]4COC[C@H]4C3)ccc12. The number of rotatable bonds is 4. The van der Waals surface area contributed by atoms with E-state index in [1.54, 1.807) is 12.1 Å². The number of hydrogen-bond donors (Lipinski definition) is 0. The van der Waals surface area contributed by atoms with Crippen LogP contribution in [0.15, 0.2) is 33.5 Å². The first-order chi connectivity index (χ1) is 12.1. The lowest BCUT2D eigenvalue weighted by atomic mass is 10.0. The van der Waals surface area contributed by atoms with Crippen LogP contribution >= 0.6 is 0 Å². The molecule has 0 saturated carbocycles. The Kier molecular flexibility index (Phi) is 4.21. The summed E-state index contributed by atoms with van der Waals surface area (Å²) in [6.45, 7) is 4.98. The molecule has 2 atom stereocenters. The molecule has 4 rings (SSSR count). The van der Waals surface area contributed by atoms with Crippen LogP contribution in [-0.2, 0) is 16.0 Å². The summed E-state index contributed by atoms with van der Waals surface area (Å²) in [5.41, 5.74) is 1.06. The highest BCUT2D eigenvalue weighted by molar-refractivity contribution is 5.82. The van der Waals surface area contributed by atoms with Gasteiger partial charge in [0.1, 0.15) is 11.3 Å². The third kappa shape index (κ3) is 3.14. The average molecular weight is 343 g/mol. The summed E-state index contributed by atoms with van der Waals surface area (Å²) in [6, 6.07) is 6.87. The highest BCUT2D eigenvalue weighted by atomic mass is 16.5. The fourth-order valence-corrected chi connectivity index (χ4v) is 3.72. The van der Waals surface area contributed by atoms with Crippen molar-refractivity contribution in [3.05, 3.63) is 40.2 Å². The zero-order valence-corrected chi connectivity index (χ0v) is 14.2. The molecule has 1 aromatic heterocycles. The summed E-state index contributed by atoms with van der Waals surface area (Å²) < 4.78 is 16.3. The highest BCUT2D eigenvalue weighted by Gasteiger charge is 2.38. The number of carbonyl (C=O) groups is 1. The fourth-order valence-electron chi connectivity index (χ4n) is 3.72. The second-order valence-electron chi connectivity index (χ2n) is 6.75. The van der Waals surface area contributed by atoms with Crippen LogP contribution in [0.1, 0.15) is 12.5 Å². The van der Waals surface area contributed by atoms with E-state index in [2.05, 4.69) is 0 Å². The van der Waals surface area contributed by atoms with Crippen LogP contribution in [0.3, 0.4) is 0 Å². The van der Waals surface area contributed by atoms with E-state index in [1.165, 1.54) is 6.07 Å². The molecule has 2 saturated heterocycles. The van der Waals surface area contributed by atoms with Crippen LogP contribution < -0.4 is 10.4 Å². The molecular weight excluding hydrogens is 322 g/mol. The Morgan fingerprint density at radius 2 is 2.00 bits per heavy atom. The molecule has 6 nitrogen and oxygen atoms in total. The van der Waals surface area contributed by atoms with E-state index in [0.717, 1.165) is 43.7 Å². The smallest absolute Gasteiger partial charge is 0.336 e. The van der Waals surface area contributed by atoms with Gasteiger partial charge in [0, 0.05) is 42.4 Å². The van der Waals surface area contributed by atoms with Crippen molar-refractivity contribution in [1.29, 1.82) is 0 Å². The van der Waals surface area contributed by atoms with Gasteiger partial charge >= 0.3 is 5.63 Å². The molecule has 25 heavy (non-hydrogen) atoms. The summed E-state index contributed by atoms with van der Waals surface area (Å²) in [5.74, 6) is 1.44. The number of ether oxygens (including phenoxy) is 2. The molecule has 132 valence electrons. The van der Waals surface area contributed by atoms with E-state index in [0.29, 0.717) is 23.2 Å². The first-order valence-electron chi connectivity index (χ1n) is 8.69. The fraction of sp³-hybridized carbons (Fsp3) is 0.474. The third-order valence-electron chi connectivity index (χ3n) is 5.14. The molecule has 2 aliphatic rings. The Balaban J connectivity index is 1.44. The Hall–Kier alpha value is -2.34. The van der Waals surface area contributed by atoms with E-state index < -0.39 is 0 Å². The summed E-state index contributed by atoms with van der Waals surface area (Å²) >= 11 is 0. The molecule has 2 aromatic rings. The number of amides is 1. The summed E-state index contributed by atoms with van der Waals surface area (Å²) in [5, 5.41) is 0.896. The minimum Gasteiger partial charge on any atom is -0.484 e. The second-order valence-corrected chi connectivity index (χ2v) is 6.75. The van der Waals surface area contributed by atoms with Crippen molar-refractivity contribution < 1.29 is 18.7 Å². The molecule has 3 heterocycles. The number of aryl methyl sites for hydroxylation is 1. The topological polar surface area (TPSA) is 69.0 Å². The van der Waals surface area contributed by atoms with Gasteiger partial charge in [-0.15, -0.1) is 0 Å². The Labute approximate surface area is 145 Å². The zero-order chi connectivity index (χ0) is 17.4. The van der Waals surface area contributed by atoms with Gasteiger partial charge < -0.3 is 18.8 Å². The number of carbonyl (C=O) groups excluding carboxylic acids is 1. The molecule has 2 fully saturated rings. The van der Waals surface area contributed by atoms with Gasteiger partial charge in [0.25, 0.3) is 5.91 Å². The summed E-state index contributed by atoms with van der Waals surface area (Å²) in [4.78, 5) is 25.8. The lowest BCUT2D eigenvalue weighted by Gasteiger charge is -2.17. The van der Waals surface area contributed by atoms with Gasteiger partial charge in [0.05, 0.1) is 13.2 Å². The van der Waals surface area contributed by atoms with Crippen molar-refractivity contribution in [1.82, 2.24) is 4.90 Å². The number of hydrogen-bond acceptors (Lipinski definition) is 5. The van der Waals surface area contributed by atoms with E-state index in [9.17, 15) is 9.59 Å². The molecule has 6 heteroatoms. The van der Waals surface area contributed by atoms with Gasteiger partial charge in [-0.05, 0) is 24.1 Å². The summed E-state index contributed by atoms with van der Waals surface area (Å²) in [6.07, 6.45) is 0.752. The second kappa shape index (κ2) is 6.52. The van der Waals surface area contributed by atoms with E-state index in [-0.39, 0.29) is 18.1 Å². The maximum atomic E-state index is 12.4. The monoisotopic (exact) mass is 343 g/mol. The quantitative estimate of drug-likeness (QED) is 0.793. The van der Waals surface area contributed by atoms with Gasteiger partial charge in [0.15, 0.2) is 6.61 Å². The Morgan fingerprint density at radius 3 is 2.72 bits per heavy atom. The zero-order valence-electron chi connectivity index (χ0n) is 14.2. The molecule has 1 amide bonds. The number of benzene rings is 1. The van der Waals surface area contributed by atoms with Crippen LogP contribution in [0.5, 0.6) is 5.75 Å². The van der Waals surface area contributed by atoms with E-state index in [4.69, 9.17) is 13.9 Å². The van der Waals surface area contributed by atoms with Gasteiger partial charge in [-0.1, -0.05) is 6.92 Å². The molecule has 2 aliphatic heterocycles. The van der Waals surface area contributed by atoms with Crippen molar-refractivity contribution in [2.45, 2.75) is 13.3 Å². The Morgan fingerprint density at radius 1 is 1.24 bits per heavy atom. The van der Waals surface area contributed by atoms with E-state index >= 15 is 0 Å². The van der Waals surface area contributed by atoms with Crippen molar-refractivity contribution in [2.75, 3.05) is 32.9 Å². The molecule has 0 spiro atoms. The minimum absolute atomic E-state index is 0.0104. The average Bonchev–Trinajstić information content (AvgIpc) is 3.20. The van der Waals surface area contributed by atoms with Crippen molar-refractivity contribution in [2.24, 2.45) is 11.8 Å². The van der Waals surface area contributed by atoms with Crippen molar-refractivity contribution >= 4 is 16.9 Å². The number of fused-ring (bicyclic) bond motifs is 2. The predicted octanol–water partition coefficient (Wildman–Crippen LogP) is 1.84. The van der Waals surface area contributed by atoms with Crippen LogP contribution in [-0.4, -0.2) is 43.7 Å². The van der Waals surface area contributed by atoms with Gasteiger partial charge in [-0.25, -0.2) is 4.79 Å². The van der Waals surface area contributed by atoms with Crippen LogP contribution in [0.2, 0.25) is 0 Å². The molecule has 0 aliphatic carbocycles. The molecule has 0 bridgehead atoms. The standard InChI is InChI=1S/C19H21NO5/c1-2-12-5-19(22)25-17-6-15(3-4-16(12)17)24-11-18(21)20-7-13-9-23-10-14(13)8-20/h3-6,13-14H,2,7-11H2,1H3/t13-,14+.